The number of hydrogen-bond acceptors (Lipinski definition) is 8. The monoisotopic (exact) mass is 675 g/mol. The average molecular weight is 676 g/mol. The van der Waals surface area contributed by atoms with Gasteiger partial charge in [-0.1, -0.05) is 51.1 Å². The molecule has 1 aliphatic carbocycles. The van der Waals surface area contributed by atoms with Crippen molar-refractivity contribution >= 4 is 40.8 Å². The van der Waals surface area contributed by atoms with E-state index in [-0.39, 0.29) is 17.9 Å². The molecule has 3 aromatic rings. The Bertz CT molecular complexity index is 1650. The zero-order chi connectivity index (χ0) is 35.2. The van der Waals surface area contributed by atoms with Gasteiger partial charge in [-0.2, -0.15) is 0 Å². The summed E-state index contributed by atoms with van der Waals surface area (Å²) < 4.78 is 5.40. The van der Waals surface area contributed by atoms with Crippen LogP contribution in [-0.2, 0) is 26.2 Å². The summed E-state index contributed by atoms with van der Waals surface area (Å²) in [5.74, 6) is -1.64. The number of nitrogens with one attached hydrogen (secondary N) is 3. The number of benzene rings is 1. The van der Waals surface area contributed by atoms with Gasteiger partial charge in [-0.15, -0.1) is 11.3 Å². The van der Waals surface area contributed by atoms with Crippen molar-refractivity contribution < 1.29 is 29.0 Å². The fourth-order valence-electron chi connectivity index (χ4n) is 5.09. The quantitative estimate of drug-likeness (QED) is 0.207. The van der Waals surface area contributed by atoms with E-state index >= 15 is 0 Å². The van der Waals surface area contributed by atoms with Gasteiger partial charge in [-0.25, -0.2) is 14.8 Å². The van der Waals surface area contributed by atoms with Crippen LogP contribution in [0.5, 0.6) is 0 Å². The van der Waals surface area contributed by atoms with E-state index < -0.39 is 41.6 Å². The third kappa shape index (κ3) is 10.2. The summed E-state index contributed by atoms with van der Waals surface area (Å²) in [5.41, 5.74) is 2.78. The second kappa shape index (κ2) is 15.1. The molecule has 0 saturated heterocycles. The van der Waals surface area contributed by atoms with Crippen LogP contribution in [0, 0.1) is 0 Å². The van der Waals surface area contributed by atoms with E-state index in [1.54, 1.807) is 18.5 Å². The number of thiophene rings is 1. The number of allylic oxidation sites excluding steroid dienone is 1. The first-order valence-electron chi connectivity index (χ1n) is 16.0. The van der Waals surface area contributed by atoms with Crippen LogP contribution in [0.1, 0.15) is 93.4 Å². The van der Waals surface area contributed by atoms with Crippen molar-refractivity contribution in [3.05, 3.63) is 75.7 Å². The number of carbonyl (C=O) groups excluding carboxylic acids is 3. The molecule has 0 spiro atoms. The van der Waals surface area contributed by atoms with Gasteiger partial charge in [0.05, 0.1) is 4.88 Å². The lowest BCUT2D eigenvalue weighted by Crippen LogP contribution is -2.51. The maximum atomic E-state index is 13.2. The number of carboxylic acids is 1. The zero-order valence-electron chi connectivity index (χ0n) is 28.5. The molecule has 0 bridgehead atoms. The van der Waals surface area contributed by atoms with Crippen LogP contribution in [0.3, 0.4) is 0 Å². The molecule has 256 valence electrons. The van der Waals surface area contributed by atoms with Crippen molar-refractivity contribution in [3.63, 3.8) is 0 Å². The first-order chi connectivity index (χ1) is 22.5. The lowest BCUT2D eigenvalue weighted by atomic mass is 9.91. The average Bonchev–Trinajstić information content (AvgIpc) is 3.52. The molecule has 4 rings (SSSR count). The molecule has 2 aromatic heterocycles. The molecule has 0 aliphatic heterocycles. The Labute approximate surface area is 285 Å². The molecule has 3 amide bonds. The van der Waals surface area contributed by atoms with Crippen molar-refractivity contribution in [2.24, 2.45) is 0 Å². The summed E-state index contributed by atoms with van der Waals surface area (Å²) in [6, 6.07) is 8.83. The van der Waals surface area contributed by atoms with Crippen LogP contribution in [0.4, 0.5) is 4.79 Å². The van der Waals surface area contributed by atoms with E-state index in [0.29, 0.717) is 17.1 Å². The third-order valence-corrected chi connectivity index (χ3v) is 9.20. The van der Waals surface area contributed by atoms with Crippen LogP contribution in [0.25, 0.3) is 17.0 Å². The summed E-state index contributed by atoms with van der Waals surface area (Å²) in [7, 11) is 0. The molecule has 0 saturated carbocycles. The van der Waals surface area contributed by atoms with Crippen LogP contribution in [0.2, 0.25) is 0 Å². The first-order valence-corrected chi connectivity index (χ1v) is 16.8. The summed E-state index contributed by atoms with van der Waals surface area (Å²) in [4.78, 5) is 60.6. The minimum Gasteiger partial charge on any atom is -0.480 e. The third-order valence-electron chi connectivity index (χ3n) is 7.69. The van der Waals surface area contributed by atoms with Gasteiger partial charge in [-0.3, -0.25) is 14.4 Å². The van der Waals surface area contributed by atoms with Gasteiger partial charge in [0.15, 0.2) is 5.82 Å². The maximum absolute atomic E-state index is 13.2. The minimum atomic E-state index is -1.17. The highest BCUT2D eigenvalue weighted by atomic mass is 32.1. The number of carbonyl (C=O) groups is 4. The highest BCUT2D eigenvalue weighted by molar-refractivity contribution is 7.14. The lowest BCUT2D eigenvalue weighted by Gasteiger charge is -2.26. The highest BCUT2D eigenvalue weighted by Crippen LogP contribution is 2.30. The number of aliphatic carboxylic acids is 1. The van der Waals surface area contributed by atoms with Gasteiger partial charge in [0.1, 0.15) is 17.7 Å². The summed E-state index contributed by atoms with van der Waals surface area (Å²) in [5, 5.41) is 17.6. The van der Waals surface area contributed by atoms with E-state index in [9.17, 15) is 24.3 Å². The minimum absolute atomic E-state index is 0.0404. The van der Waals surface area contributed by atoms with E-state index in [2.05, 4.69) is 52.8 Å². The van der Waals surface area contributed by atoms with Crippen molar-refractivity contribution in [2.75, 3.05) is 0 Å². The molecule has 12 heteroatoms. The number of aromatic nitrogens is 2. The molecule has 1 aliphatic rings. The molecule has 1 unspecified atom stereocenters. The maximum Gasteiger partial charge on any atom is 0.407 e. The molecule has 0 radical (unpaired) electrons. The van der Waals surface area contributed by atoms with Gasteiger partial charge < -0.3 is 25.8 Å². The number of ether oxygens (including phenoxy) is 1. The molecule has 11 nitrogen and oxygen atoms in total. The van der Waals surface area contributed by atoms with Gasteiger partial charge in [0, 0.05) is 40.9 Å². The normalized spacial score (nSPS) is 16.2. The van der Waals surface area contributed by atoms with Crippen LogP contribution in [-0.4, -0.2) is 62.7 Å². The second-order valence-electron chi connectivity index (χ2n) is 14.1. The number of alkyl carbamates (subject to hydrolysis) is 1. The van der Waals surface area contributed by atoms with E-state index in [1.807, 2.05) is 51.1 Å². The Morgan fingerprint density at radius 2 is 1.62 bits per heavy atom. The zero-order valence-corrected chi connectivity index (χ0v) is 29.4. The van der Waals surface area contributed by atoms with Crippen LogP contribution < -0.4 is 16.0 Å². The van der Waals surface area contributed by atoms with Crippen molar-refractivity contribution in [3.8, 4) is 11.4 Å². The molecule has 0 fully saturated rings. The predicted molar refractivity (Wildman–Crippen MR) is 186 cm³/mol. The Morgan fingerprint density at radius 1 is 0.958 bits per heavy atom. The van der Waals surface area contributed by atoms with Gasteiger partial charge in [0.2, 0.25) is 5.91 Å². The number of rotatable bonds is 10. The Hall–Kier alpha value is -4.58. The smallest absolute Gasteiger partial charge is 0.407 e. The molecule has 3 atom stereocenters. The first kappa shape index (κ1) is 36.3. The van der Waals surface area contributed by atoms with Gasteiger partial charge >= 0.3 is 12.1 Å². The fraction of sp³-hybridized carbons (Fsp3) is 0.444. The largest absolute Gasteiger partial charge is 0.480 e. The topological polar surface area (TPSA) is 160 Å². The molecule has 4 N–H and O–H groups in total. The lowest BCUT2D eigenvalue weighted by molar-refractivity contribution is -0.141. The van der Waals surface area contributed by atoms with Crippen LogP contribution in [0.15, 0.2) is 54.9 Å². The SMILES string of the molecule is C[C@@H](NC(=O)[C@H](Cc1ccc(-c2ncc(C3=CCCC(NC(=O)OC(C)(C)C)C3)cn2)cc1)NC(=O)c1ccc(C(C)(C)C)s1)C(=O)O. The molecule has 1 aromatic carbocycles. The number of nitrogens with zero attached hydrogens (tertiary/aromatic N) is 2. The second-order valence-corrected chi connectivity index (χ2v) is 15.1. The van der Waals surface area contributed by atoms with Crippen molar-refractivity contribution in [1.82, 2.24) is 25.9 Å². The molecular weight excluding hydrogens is 630 g/mol. The molecule has 2 heterocycles. The van der Waals surface area contributed by atoms with E-state index in [0.717, 1.165) is 40.0 Å². The highest BCUT2D eigenvalue weighted by Gasteiger charge is 2.27. The van der Waals surface area contributed by atoms with E-state index in [4.69, 9.17) is 4.74 Å². The van der Waals surface area contributed by atoms with Gasteiger partial charge in [-0.05, 0) is 75.6 Å². The Balaban J connectivity index is 1.43. The predicted octanol–water partition coefficient (Wildman–Crippen LogP) is 5.89. The standard InChI is InChI=1S/C36H45N5O6S/c1-21(33(44)45)39-31(42)27(41-32(43)28-15-16-29(48-28)35(2,3)4)17-22-11-13-23(14-12-22)30-37-19-25(20-38-30)24-9-8-10-26(18-24)40-34(46)47-36(5,6)7/h9,11-16,19-21,26-27H,8,10,17-18H2,1-7H3,(H,39,42)(H,40,46)(H,41,43)(H,44,45)/t21-,26?,27+/m1/s1. The summed E-state index contributed by atoms with van der Waals surface area (Å²) >= 11 is 1.36. The molecular formula is C36H45N5O6S. The van der Waals surface area contributed by atoms with Crippen molar-refractivity contribution in [2.45, 2.75) is 103 Å². The van der Waals surface area contributed by atoms with Gasteiger partial charge in [0.25, 0.3) is 5.91 Å². The van der Waals surface area contributed by atoms with Crippen molar-refractivity contribution in [1.29, 1.82) is 0 Å². The van der Waals surface area contributed by atoms with Crippen LogP contribution >= 0.6 is 11.3 Å². The summed E-state index contributed by atoms with van der Waals surface area (Å²) in [6.45, 7) is 13.1. The number of hydrogen-bond donors (Lipinski definition) is 4. The summed E-state index contributed by atoms with van der Waals surface area (Å²) in [6.07, 6.45) is 7.70. The fourth-order valence-corrected chi connectivity index (χ4v) is 6.06. The number of amides is 3. The van der Waals surface area contributed by atoms with E-state index in [1.165, 1.54) is 18.3 Å². The molecule has 48 heavy (non-hydrogen) atoms. The Kier molecular flexibility index (Phi) is 11.4. The Morgan fingerprint density at radius 3 is 2.21 bits per heavy atom. The number of carboxylic acid groups (broad SMARTS) is 1.